The van der Waals surface area contributed by atoms with Gasteiger partial charge in [-0.1, -0.05) is 0 Å². The highest BCUT2D eigenvalue weighted by Crippen LogP contribution is 2.18. The Morgan fingerprint density at radius 2 is 2.00 bits per heavy atom. The quantitative estimate of drug-likeness (QED) is 0.434. The van der Waals surface area contributed by atoms with Crippen LogP contribution in [0.3, 0.4) is 0 Å². The van der Waals surface area contributed by atoms with Crippen molar-refractivity contribution in [2.75, 3.05) is 0 Å². The Bertz CT molecular complexity index is 203. The van der Waals surface area contributed by atoms with Crippen LogP contribution >= 0.6 is 0 Å². The van der Waals surface area contributed by atoms with Crippen molar-refractivity contribution in [2.24, 2.45) is 11.5 Å². The van der Waals surface area contributed by atoms with Crippen LogP contribution in [0.25, 0.3) is 0 Å². The second-order valence-corrected chi connectivity index (χ2v) is 4.50. The summed E-state index contributed by atoms with van der Waals surface area (Å²) in [5.41, 5.74) is 9.98. The fraction of sp³-hybridized carbons (Fsp3) is 0.900. The minimum atomic E-state index is -1.56. The summed E-state index contributed by atoms with van der Waals surface area (Å²) >= 11 is 0. The summed E-state index contributed by atoms with van der Waals surface area (Å²) in [4.78, 5) is 11.0. The normalized spacial score (nSPS) is 15.9. The van der Waals surface area contributed by atoms with Crippen molar-refractivity contribution in [2.45, 2.75) is 57.9 Å². The van der Waals surface area contributed by atoms with Gasteiger partial charge in [0.1, 0.15) is 5.60 Å². The largest absolute Gasteiger partial charge is 0.457 e. The van der Waals surface area contributed by atoms with Gasteiger partial charge in [-0.3, -0.25) is 5.73 Å². The van der Waals surface area contributed by atoms with Gasteiger partial charge in [-0.05, 0) is 40.0 Å². The minimum absolute atomic E-state index is 0.150. The summed E-state index contributed by atoms with van der Waals surface area (Å²) < 4.78 is 5.03. The number of hydrogen-bond acceptors (Lipinski definition) is 5. The van der Waals surface area contributed by atoms with Crippen molar-refractivity contribution in [1.82, 2.24) is 0 Å². The molecule has 5 N–H and O–H groups in total. The van der Waals surface area contributed by atoms with Crippen molar-refractivity contribution in [3.8, 4) is 0 Å². The zero-order valence-electron chi connectivity index (χ0n) is 9.69. The number of rotatable bonds is 6. The summed E-state index contributed by atoms with van der Waals surface area (Å²) in [5.74, 6) is -0.791. The molecule has 0 fully saturated rings. The number of aliphatic hydroxyl groups is 1. The predicted octanol–water partition coefficient (Wildman–Crippen LogP) is 0.103. The second-order valence-electron chi connectivity index (χ2n) is 4.50. The molecule has 0 spiro atoms. The number of esters is 1. The molecule has 0 aliphatic carbocycles. The van der Waals surface area contributed by atoms with E-state index in [1.165, 1.54) is 0 Å². The fourth-order valence-corrected chi connectivity index (χ4v) is 1.23. The first-order valence-corrected chi connectivity index (χ1v) is 5.17. The van der Waals surface area contributed by atoms with E-state index in [4.69, 9.17) is 21.3 Å². The zero-order chi connectivity index (χ0) is 12.1. The molecule has 0 saturated carbocycles. The molecule has 0 saturated heterocycles. The SMILES string of the molecule is CC(N)CCCC(C)(C)OC(=O)C(N)O. The van der Waals surface area contributed by atoms with Crippen LogP contribution in [0.5, 0.6) is 0 Å². The Morgan fingerprint density at radius 1 is 1.47 bits per heavy atom. The third kappa shape index (κ3) is 7.30. The molecule has 5 heteroatoms. The van der Waals surface area contributed by atoms with E-state index in [1.807, 2.05) is 6.92 Å². The van der Waals surface area contributed by atoms with Gasteiger partial charge in [-0.2, -0.15) is 0 Å². The van der Waals surface area contributed by atoms with E-state index in [1.54, 1.807) is 13.8 Å². The summed E-state index contributed by atoms with van der Waals surface area (Å²) in [5, 5.41) is 8.78. The Hall–Kier alpha value is -0.650. The summed E-state index contributed by atoms with van der Waals surface area (Å²) in [6.45, 7) is 5.51. The number of aliphatic hydroxyl groups excluding tert-OH is 1. The lowest BCUT2D eigenvalue weighted by Crippen LogP contribution is -2.38. The summed E-state index contributed by atoms with van der Waals surface area (Å²) in [7, 11) is 0. The van der Waals surface area contributed by atoms with E-state index in [0.717, 1.165) is 12.8 Å². The third-order valence-corrected chi connectivity index (χ3v) is 2.06. The molecule has 0 amide bonds. The molecule has 2 unspecified atom stereocenters. The lowest BCUT2D eigenvalue weighted by atomic mass is 9.99. The third-order valence-electron chi connectivity index (χ3n) is 2.06. The van der Waals surface area contributed by atoms with E-state index < -0.39 is 17.8 Å². The van der Waals surface area contributed by atoms with Gasteiger partial charge in [-0.15, -0.1) is 0 Å². The second kappa shape index (κ2) is 6.05. The summed E-state index contributed by atoms with van der Waals surface area (Å²) in [6.07, 6.45) is 0.898. The molecule has 0 aliphatic heterocycles. The molecule has 0 aromatic rings. The van der Waals surface area contributed by atoms with Crippen LogP contribution in [-0.4, -0.2) is 28.9 Å². The number of hydrogen-bond donors (Lipinski definition) is 3. The molecule has 0 aliphatic rings. The van der Waals surface area contributed by atoms with E-state index >= 15 is 0 Å². The zero-order valence-corrected chi connectivity index (χ0v) is 9.69. The van der Waals surface area contributed by atoms with Crippen LogP contribution in [0.2, 0.25) is 0 Å². The van der Waals surface area contributed by atoms with Gasteiger partial charge in [0, 0.05) is 6.04 Å². The summed E-state index contributed by atoms with van der Waals surface area (Å²) in [6, 6.07) is 0.150. The van der Waals surface area contributed by atoms with Gasteiger partial charge >= 0.3 is 5.97 Å². The fourth-order valence-electron chi connectivity index (χ4n) is 1.23. The molecule has 0 bridgehead atoms. The van der Waals surface area contributed by atoms with Gasteiger partial charge in [0.05, 0.1) is 0 Å². The number of carbonyl (C=O) groups is 1. The smallest absolute Gasteiger partial charge is 0.350 e. The molecule has 0 aromatic carbocycles. The molecule has 0 rings (SSSR count). The Labute approximate surface area is 90.8 Å². The Balaban J connectivity index is 3.91. The van der Waals surface area contributed by atoms with E-state index in [-0.39, 0.29) is 6.04 Å². The van der Waals surface area contributed by atoms with Crippen molar-refractivity contribution < 1.29 is 14.6 Å². The number of nitrogens with two attached hydrogens (primary N) is 2. The molecular weight excluding hydrogens is 196 g/mol. The maximum atomic E-state index is 11.0. The standard InChI is InChI=1S/C10H22N2O3/c1-7(11)5-4-6-10(2,3)15-9(14)8(12)13/h7-8,13H,4-6,11-12H2,1-3H3. The van der Waals surface area contributed by atoms with Gasteiger partial charge in [0.2, 0.25) is 6.23 Å². The monoisotopic (exact) mass is 218 g/mol. The van der Waals surface area contributed by atoms with Crippen molar-refractivity contribution >= 4 is 5.97 Å². The van der Waals surface area contributed by atoms with Crippen LogP contribution < -0.4 is 11.5 Å². The van der Waals surface area contributed by atoms with Crippen LogP contribution in [0.15, 0.2) is 0 Å². The highest BCUT2D eigenvalue weighted by atomic mass is 16.6. The molecule has 5 nitrogen and oxygen atoms in total. The molecule has 0 heterocycles. The maximum Gasteiger partial charge on any atom is 0.350 e. The molecular formula is C10H22N2O3. The van der Waals surface area contributed by atoms with Gasteiger partial charge in [0.15, 0.2) is 0 Å². The topological polar surface area (TPSA) is 98.6 Å². The highest BCUT2D eigenvalue weighted by molar-refractivity contribution is 5.73. The number of ether oxygens (including phenoxy) is 1. The lowest BCUT2D eigenvalue weighted by Gasteiger charge is -2.26. The first kappa shape index (κ1) is 14.3. The van der Waals surface area contributed by atoms with E-state index in [9.17, 15) is 4.79 Å². The van der Waals surface area contributed by atoms with Crippen molar-refractivity contribution in [3.05, 3.63) is 0 Å². The van der Waals surface area contributed by atoms with Gasteiger partial charge < -0.3 is 15.6 Å². The molecule has 90 valence electrons. The average molecular weight is 218 g/mol. The van der Waals surface area contributed by atoms with Crippen LogP contribution in [0, 0.1) is 0 Å². The van der Waals surface area contributed by atoms with Crippen molar-refractivity contribution in [3.63, 3.8) is 0 Å². The predicted molar refractivity (Wildman–Crippen MR) is 57.9 cm³/mol. The van der Waals surface area contributed by atoms with E-state index in [2.05, 4.69) is 0 Å². The van der Waals surface area contributed by atoms with Crippen LogP contribution in [0.1, 0.15) is 40.0 Å². The van der Waals surface area contributed by atoms with Gasteiger partial charge in [-0.25, -0.2) is 4.79 Å². The minimum Gasteiger partial charge on any atom is -0.457 e. The first-order chi connectivity index (χ1) is 6.74. The Morgan fingerprint density at radius 3 is 2.40 bits per heavy atom. The van der Waals surface area contributed by atoms with Crippen LogP contribution in [-0.2, 0) is 9.53 Å². The van der Waals surface area contributed by atoms with Crippen molar-refractivity contribution in [1.29, 1.82) is 0 Å². The first-order valence-electron chi connectivity index (χ1n) is 5.17. The highest BCUT2D eigenvalue weighted by Gasteiger charge is 2.24. The average Bonchev–Trinajstić information content (AvgIpc) is 2.01. The lowest BCUT2D eigenvalue weighted by molar-refractivity contribution is -0.167. The van der Waals surface area contributed by atoms with E-state index in [0.29, 0.717) is 6.42 Å². The molecule has 15 heavy (non-hydrogen) atoms. The maximum absolute atomic E-state index is 11.0. The molecule has 0 radical (unpaired) electrons. The number of carbonyl (C=O) groups excluding carboxylic acids is 1. The van der Waals surface area contributed by atoms with Gasteiger partial charge in [0.25, 0.3) is 0 Å². The Kier molecular flexibility index (Phi) is 5.79. The molecule has 0 aromatic heterocycles. The molecule has 2 atom stereocenters. The van der Waals surface area contributed by atoms with Crippen LogP contribution in [0.4, 0.5) is 0 Å².